The minimum atomic E-state index is -1.63. The average molecular weight is 483 g/mol. The molecule has 0 saturated carbocycles. The van der Waals surface area contributed by atoms with Crippen molar-refractivity contribution in [3.63, 3.8) is 0 Å². The van der Waals surface area contributed by atoms with E-state index in [1.54, 1.807) is 20.8 Å². The highest BCUT2D eigenvalue weighted by atomic mass is 16.6. The molecular formula is C26H30N2O7. The molecule has 1 atom stereocenters. The summed E-state index contributed by atoms with van der Waals surface area (Å²) in [7, 11) is 0. The van der Waals surface area contributed by atoms with E-state index < -0.39 is 35.4 Å². The van der Waals surface area contributed by atoms with E-state index in [1.165, 1.54) is 0 Å². The number of hydrogen-bond acceptors (Lipinski definition) is 6. The average Bonchev–Trinajstić information content (AvgIpc) is 3.13. The number of carboxylic acid groups (broad SMARTS) is 1. The van der Waals surface area contributed by atoms with E-state index in [2.05, 4.69) is 10.6 Å². The number of aliphatic carboxylic acids is 1. The lowest BCUT2D eigenvalue weighted by Gasteiger charge is -2.24. The molecule has 3 rings (SSSR count). The Balaban J connectivity index is 1.66. The van der Waals surface area contributed by atoms with E-state index in [0.717, 1.165) is 22.3 Å². The molecule has 1 aliphatic carbocycles. The summed E-state index contributed by atoms with van der Waals surface area (Å²) in [5.74, 6) is -2.94. The molecule has 35 heavy (non-hydrogen) atoms. The summed E-state index contributed by atoms with van der Waals surface area (Å²) >= 11 is 0. The molecule has 0 radical (unpaired) electrons. The molecule has 2 aromatic rings. The van der Waals surface area contributed by atoms with Gasteiger partial charge in [-0.2, -0.15) is 0 Å². The highest BCUT2D eigenvalue weighted by Gasteiger charge is 2.33. The fraction of sp³-hybridized carbons (Fsp3) is 0.385. The lowest BCUT2D eigenvalue weighted by molar-refractivity contribution is -0.149. The van der Waals surface area contributed by atoms with Gasteiger partial charge in [0.15, 0.2) is 0 Å². The van der Waals surface area contributed by atoms with E-state index in [9.17, 15) is 19.2 Å². The molecule has 0 saturated heterocycles. The lowest BCUT2D eigenvalue weighted by atomic mass is 9.89. The molecule has 0 aromatic heterocycles. The van der Waals surface area contributed by atoms with Crippen molar-refractivity contribution in [1.82, 2.24) is 10.6 Å². The summed E-state index contributed by atoms with van der Waals surface area (Å²) in [6.45, 7) is 4.93. The van der Waals surface area contributed by atoms with Gasteiger partial charge in [0.05, 0.1) is 13.0 Å². The number of carboxylic acids is 1. The van der Waals surface area contributed by atoms with E-state index in [1.807, 2.05) is 48.5 Å². The topological polar surface area (TPSA) is 131 Å². The third-order valence-electron chi connectivity index (χ3n) is 5.76. The highest BCUT2D eigenvalue weighted by Crippen LogP contribution is 2.44. The highest BCUT2D eigenvalue weighted by molar-refractivity contribution is 6.04. The molecule has 2 aromatic carbocycles. The largest absolute Gasteiger partial charge is 0.481 e. The number of esters is 1. The molecular weight excluding hydrogens is 452 g/mol. The normalized spacial score (nSPS) is 13.2. The third kappa shape index (κ3) is 6.38. The zero-order valence-electron chi connectivity index (χ0n) is 20.0. The molecule has 1 unspecified atom stereocenters. The molecule has 0 spiro atoms. The maximum Gasteiger partial charge on any atom is 0.408 e. The van der Waals surface area contributed by atoms with Gasteiger partial charge < -0.3 is 19.9 Å². The predicted octanol–water partition coefficient (Wildman–Crippen LogP) is 3.07. The van der Waals surface area contributed by atoms with Gasteiger partial charge in [0, 0.05) is 12.5 Å². The first kappa shape index (κ1) is 25.7. The van der Waals surface area contributed by atoms with E-state index in [0.29, 0.717) is 0 Å². The number of ether oxygens (including phenoxy) is 2. The smallest absolute Gasteiger partial charge is 0.408 e. The van der Waals surface area contributed by atoms with Crippen LogP contribution in [0.15, 0.2) is 48.5 Å². The van der Waals surface area contributed by atoms with Gasteiger partial charge in [-0.25, -0.2) is 9.59 Å². The van der Waals surface area contributed by atoms with Gasteiger partial charge in [-0.15, -0.1) is 0 Å². The summed E-state index contributed by atoms with van der Waals surface area (Å²) in [5.41, 5.74) is 3.45. The molecule has 0 fully saturated rings. The predicted molar refractivity (Wildman–Crippen MR) is 128 cm³/mol. The standard InChI is InChI=1S/C26H30N2O7/c1-4-34-24(32)22(23(31)27-15-26(2,3)13-21(29)30)28-25(33)35-14-20-18-11-7-5-9-16(18)17-10-6-8-12-19(17)20/h5-12,20,22H,4,13-15H2,1-3H3,(H,27,31)(H,28,33)(H,29,30). The van der Waals surface area contributed by atoms with Crippen LogP contribution in [0.4, 0.5) is 4.79 Å². The van der Waals surface area contributed by atoms with Gasteiger partial charge in [-0.1, -0.05) is 62.4 Å². The molecule has 0 bridgehead atoms. The van der Waals surface area contributed by atoms with Crippen LogP contribution in [0.2, 0.25) is 0 Å². The van der Waals surface area contributed by atoms with Crippen molar-refractivity contribution in [3.8, 4) is 11.1 Å². The summed E-state index contributed by atoms with van der Waals surface area (Å²) in [4.78, 5) is 48.7. The number of benzene rings is 2. The summed E-state index contributed by atoms with van der Waals surface area (Å²) in [6.07, 6.45) is -1.12. The molecule has 1 aliphatic rings. The minimum Gasteiger partial charge on any atom is -0.481 e. The van der Waals surface area contributed by atoms with Crippen LogP contribution in [0.1, 0.15) is 44.2 Å². The van der Waals surface area contributed by atoms with Crippen LogP contribution in [-0.2, 0) is 23.9 Å². The Bertz CT molecular complexity index is 1070. The first-order valence-corrected chi connectivity index (χ1v) is 11.4. The number of fused-ring (bicyclic) bond motifs is 3. The maximum atomic E-state index is 12.7. The number of alkyl carbamates (subject to hydrolysis) is 1. The van der Waals surface area contributed by atoms with Gasteiger partial charge in [0.2, 0.25) is 6.04 Å². The van der Waals surface area contributed by atoms with Crippen LogP contribution in [0, 0.1) is 5.41 Å². The Morgan fingerprint density at radius 3 is 2.09 bits per heavy atom. The molecule has 0 heterocycles. The maximum absolute atomic E-state index is 12.7. The quantitative estimate of drug-likeness (QED) is 0.350. The number of hydrogen-bond donors (Lipinski definition) is 3. The van der Waals surface area contributed by atoms with Gasteiger partial charge in [-0.3, -0.25) is 14.9 Å². The Morgan fingerprint density at radius 2 is 1.54 bits per heavy atom. The first-order chi connectivity index (χ1) is 16.6. The van der Waals surface area contributed by atoms with Gasteiger partial charge >= 0.3 is 18.0 Å². The van der Waals surface area contributed by atoms with Crippen LogP contribution in [0.3, 0.4) is 0 Å². The van der Waals surface area contributed by atoms with Gasteiger partial charge in [0.25, 0.3) is 5.91 Å². The van der Waals surface area contributed by atoms with Crippen LogP contribution in [-0.4, -0.2) is 54.8 Å². The molecule has 9 nitrogen and oxygen atoms in total. The van der Waals surface area contributed by atoms with Crippen LogP contribution in [0.25, 0.3) is 11.1 Å². The zero-order chi connectivity index (χ0) is 25.6. The fourth-order valence-electron chi connectivity index (χ4n) is 4.12. The van der Waals surface area contributed by atoms with Crippen LogP contribution < -0.4 is 10.6 Å². The number of amides is 2. The van der Waals surface area contributed by atoms with Crippen molar-refractivity contribution < 1.29 is 33.8 Å². The summed E-state index contributed by atoms with van der Waals surface area (Å²) < 4.78 is 10.4. The van der Waals surface area contributed by atoms with E-state index in [4.69, 9.17) is 14.6 Å². The van der Waals surface area contributed by atoms with Crippen molar-refractivity contribution in [2.45, 2.75) is 39.2 Å². The van der Waals surface area contributed by atoms with Crippen molar-refractivity contribution in [2.75, 3.05) is 19.8 Å². The summed E-state index contributed by atoms with van der Waals surface area (Å²) in [6, 6.07) is 14.1. The van der Waals surface area contributed by atoms with Crippen molar-refractivity contribution in [2.24, 2.45) is 5.41 Å². The number of rotatable bonds is 10. The Hall–Kier alpha value is -3.88. The number of carbonyl (C=O) groups excluding carboxylic acids is 3. The Morgan fingerprint density at radius 1 is 0.971 bits per heavy atom. The second-order valence-corrected chi connectivity index (χ2v) is 9.11. The van der Waals surface area contributed by atoms with Crippen LogP contribution >= 0.6 is 0 Å². The minimum absolute atomic E-state index is 0.0134. The van der Waals surface area contributed by atoms with Gasteiger partial charge in [0.1, 0.15) is 6.61 Å². The number of carbonyl (C=O) groups is 4. The molecule has 9 heteroatoms. The first-order valence-electron chi connectivity index (χ1n) is 11.4. The molecule has 0 aliphatic heterocycles. The lowest BCUT2D eigenvalue weighted by Crippen LogP contribution is -2.53. The second kappa shape index (κ2) is 11.0. The number of nitrogens with one attached hydrogen (secondary N) is 2. The summed E-state index contributed by atoms with van der Waals surface area (Å²) in [5, 5.41) is 13.8. The monoisotopic (exact) mass is 482 g/mol. The Labute approximate surface area is 203 Å². The van der Waals surface area contributed by atoms with Crippen LogP contribution in [0.5, 0.6) is 0 Å². The van der Waals surface area contributed by atoms with Gasteiger partial charge in [-0.05, 0) is 34.6 Å². The fourth-order valence-corrected chi connectivity index (χ4v) is 4.12. The molecule has 3 N–H and O–H groups in total. The van der Waals surface area contributed by atoms with Crippen molar-refractivity contribution >= 4 is 23.9 Å². The molecule has 2 amide bonds. The van der Waals surface area contributed by atoms with E-state index in [-0.39, 0.29) is 32.1 Å². The van der Waals surface area contributed by atoms with E-state index >= 15 is 0 Å². The zero-order valence-corrected chi connectivity index (χ0v) is 20.0. The Kier molecular flexibility index (Phi) is 8.11. The third-order valence-corrected chi connectivity index (χ3v) is 5.76. The molecule has 186 valence electrons. The second-order valence-electron chi connectivity index (χ2n) is 9.11. The SMILES string of the molecule is CCOC(=O)C(NC(=O)OCC1c2ccccc2-c2ccccc21)C(=O)NCC(C)(C)CC(=O)O. The van der Waals surface area contributed by atoms with Crippen molar-refractivity contribution in [1.29, 1.82) is 0 Å². The van der Waals surface area contributed by atoms with Crippen molar-refractivity contribution in [3.05, 3.63) is 59.7 Å².